The lowest BCUT2D eigenvalue weighted by molar-refractivity contribution is 0.103. The van der Waals surface area contributed by atoms with Crippen molar-refractivity contribution in [2.45, 2.75) is 0 Å². The second kappa shape index (κ2) is 5.86. The number of amides is 1. The molecule has 3 N–H and O–H groups in total. The Labute approximate surface area is 142 Å². The van der Waals surface area contributed by atoms with Crippen LogP contribution in [0.25, 0.3) is 21.3 Å². The summed E-state index contributed by atoms with van der Waals surface area (Å²) in [7, 11) is 0. The Bertz CT molecular complexity index is 1020. The molecule has 4 aromatic rings. The van der Waals surface area contributed by atoms with E-state index in [4.69, 9.17) is 0 Å². The van der Waals surface area contributed by atoms with Crippen LogP contribution >= 0.6 is 11.3 Å². The highest BCUT2D eigenvalue weighted by Gasteiger charge is 2.11. The fourth-order valence-corrected chi connectivity index (χ4v) is 3.45. The second-order valence-corrected chi connectivity index (χ2v) is 6.53. The normalized spacial score (nSPS) is 10.8. The number of H-pyrrole nitrogens is 1. The van der Waals surface area contributed by atoms with Crippen LogP contribution in [0.2, 0.25) is 0 Å². The van der Waals surface area contributed by atoms with Gasteiger partial charge in [-0.15, -0.1) is 11.3 Å². The quantitative estimate of drug-likeness (QED) is 0.469. The van der Waals surface area contributed by atoms with E-state index < -0.39 is 0 Å². The van der Waals surface area contributed by atoms with E-state index in [-0.39, 0.29) is 11.7 Å². The number of phenolic OH excluding ortho intramolecular Hbond substituents is 1. The molecule has 2 aromatic heterocycles. The Hall–Kier alpha value is -3.05. The van der Waals surface area contributed by atoms with Crippen molar-refractivity contribution in [3.63, 3.8) is 0 Å². The minimum absolute atomic E-state index is 0.155. The SMILES string of the molecule is O=C(Nc1ccc(O)cc1)c1ccc(-c2ccc3cc[nH]c3c2)s1. The Morgan fingerprint density at radius 1 is 1.00 bits per heavy atom. The van der Waals surface area contributed by atoms with Crippen LogP contribution in [0.15, 0.2) is 66.9 Å². The Morgan fingerprint density at radius 2 is 1.83 bits per heavy atom. The van der Waals surface area contributed by atoms with Crippen molar-refractivity contribution >= 4 is 33.8 Å². The average Bonchev–Trinajstić information content (AvgIpc) is 3.25. The van der Waals surface area contributed by atoms with E-state index >= 15 is 0 Å². The lowest BCUT2D eigenvalue weighted by Gasteiger charge is -2.03. The number of nitrogens with one attached hydrogen (secondary N) is 2. The summed E-state index contributed by atoms with van der Waals surface area (Å²) in [6.07, 6.45) is 1.92. The third kappa shape index (κ3) is 2.77. The molecule has 4 rings (SSSR count). The summed E-state index contributed by atoms with van der Waals surface area (Å²) in [5.74, 6) is 0.0176. The number of carbonyl (C=O) groups is 1. The van der Waals surface area contributed by atoms with Crippen LogP contribution in [-0.2, 0) is 0 Å². The predicted octanol–water partition coefficient (Wildman–Crippen LogP) is 4.85. The molecular formula is C19H14N2O2S. The average molecular weight is 334 g/mol. The van der Waals surface area contributed by atoms with Gasteiger partial charge in [0, 0.05) is 22.3 Å². The topological polar surface area (TPSA) is 65.1 Å². The molecule has 24 heavy (non-hydrogen) atoms. The van der Waals surface area contributed by atoms with E-state index in [0.717, 1.165) is 16.0 Å². The van der Waals surface area contributed by atoms with Crippen molar-refractivity contribution in [2.24, 2.45) is 0 Å². The van der Waals surface area contributed by atoms with Crippen LogP contribution in [0, 0.1) is 0 Å². The number of anilines is 1. The van der Waals surface area contributed by atoms with E-state index in [1.807, 2.05) is 24.4 Å². The van der Waals surface area contributed by atoms with Crippen molar-refractivity contribution in [1.29, 1.82) is 0 Å². The second-order valence-electron chi connectivity index (χ2n) is 5.44. The first-order valence-electron chi connectivity index (χ1n) is 7.47. The minimum Gasteiger partial charge on any atom is -0.508 e. The van der Waals surface area contributed by atoms with Crippen molar-refractivity contribution in [3.05, 3.63) is 71.7 Å². The van der Waals surface area contributed by atoms with Gasteiger partial charge in [-0.3, -0.25) is 4.79 Å². The van der Waals surface area contributed by atoms with Gasteiger partial charge in [0.05, 0.1) is 4.88 Å². The molecular weight excluding hydrogens is 320 g/mol. The molecule has 0 unspecified atom stereocenters. The highest BCUT2D eigenvalue weighted by atomic mass is 32.1. The van der Waals surface area contributed by atoms with Crippen LogP contribution < -0.4 is 5.32 Å². The molecule has 0 saturated heterocycles. The summed E-state index contributed by atoms with van der Waals surface area (Å²) in [5, 5.41) is 13.3. The Balaban J connectivity index is 1.57. The van der Waals surface area contributed by atoms with E-state index in [9.17, 15) is 9.90 Å². The summed E-state index contributed by atoms with van der Waals surface area (Å²) in [4.78, 5) is 17.2. The summed E-state index contributed by atoms with van der Waals surface area (Å²) in [6, 6.07) is 18.5. The minimum atomic E-state index is -0.155. The van der Waals surface area contributed by atoms with E-state index in [1.54, 1.807) is 24.3 Å². The van der Waals surface area contributed by atoms with E-state index in [2.05, 4.69) is 28.5 Å². The van der Waals surface area contributed by atoms with Crippen LogP contribution in [-0.4, -0.2) is 16.0 Å². The first-order chi connectivity index (χ1) is 11.7. The Kier molecular flexibility index (Phi) is 3.55. The first-order valence-corrected chi connectivity index (χ1v) is 8.28. The summed E-state index contributed by atoms with van der Waals surface area (Å²) in [5.41, 5.74) is 2.81. The van der Waals surface area contributed by atoms with Crippen molar-refractivity contribution in [2.75, 3.05) is 5.32 Å². The molecule has 0 aliphatic carbocycles. The number of phenols is 1. The van der Waals surface area contributed by atoms with Gasteiger partial charge in [0.25, 0.3) is 5.91 Å². The van der Waals surface area contributed by atoms with Crippen LogP contribution in [0.1, 0.15) is 9.67 Å². The molecule has 118 valence electrons. The van der Waals surface area contributed by atoms with Crippen LogP contribution in [0.4, 0.5) is 5.69 Å². The zero-order chi connectivity index (χ0) is 16.5. The molecule has 0 atom stereocenters. The number of carbonyl (C=O) groups excluding carboxylic acids is 1. The van der Waals surface area contributed by atoms with Crippen molar-refractivity contribution < 1.29 is 9.90 Å². The maximum absolute atomic E-state index is 12.3. The summed E-state index contributed by atoms with van der Waals surface area (Å²) < 4.78 is 0. The molecule has 0 aliphatic heterocycles. The number of hydrogen-bond acceptors (Lipinski definition) is 3. The van der Waals surface area contributed by atoms with Crippen LogP contribution in [0.5, 0.6) is 5.75 Å². The summed E-state index contributed by atoms with van der Waals surface area (Å²) in [6.45, 7) is 0. The van der Waals surface area contributed by atoms with Gasteiger partial charge in [0.15, 0.2) is 0 Å². The fraction of sp³-hybridized carbons (Fsp3) is 0. The first kappa shape index (κ1) is 14.5. The van der Waals surface area contributed by atoms with E-state index in [0.29, 0.717) is 10.6 Å². The third-order valence-electron chi connectivity index (χ3n) is 3.79. The highest BCUT2D eigenvalue weighted by molar-refractivity contribution is 7.17. The predicted molar refractivity (Wildman–Crippen MR) is 97.7 cm³/mol. The number of hydrogen-bond donors (Lipinski definition) is 3. The number of aromatic hydroxyl groups is 1. The smallest absolute Gasteiger partial charge is 0.265 e. The van der Waals surface area contributed by atoms with Gasteiger partial charge in [-0.05, 0) is 59.5 Å². The molecule has 0 spiro atoms. The molecule has 1 amide bonds. The standard InChI is InChI=1S/C19H14N2O2S/c22-15-5-3-14(4-6-15)21-19(23)18-8-7-17(24-18)13-2-1-12-9-10-20-16(12)11-13/h1-11,20,22H,(H,21,23). The molecule has 0 fully saturated rings. The lowest BCUT2D eigenvalue weighted by atomic mass is 10.1. The number of aromatic nitrogens is 1. The van der Waals surface area contributed by atoms with Gasteiger partial charge in [0.1, 0.15) is 5.75 Å². The highest BCUT2D eigenvalue weighted by Crippen LogP contribution is 2.30. The zero-order valence-corrected chi connectivity index (χ0v) is 13.4. The monoisotopic (exact) mass is 334 g/mol. The molecule has 5 heteroatoms. The van der Waals surface area contributed by atoms with Gasteiger partial charge < -0.3 is 15.4 Å². The number of aromatic amines is 1. The molecule has 0 radical (unpaired) electrons. The van der Waals surface area contributed by atoms with Gasteiger partial charge in [-0.25, -0.2) is 0 Å². The lowest BCUT2D eigenvalue weighted by Crippen LogP contribution is -2.09. The number of fused-ring (bicyclic) bond motifs is 1. The maximum Gasteiger partial charge on any atom is 0.265 e. The van der Waals surface area contributed by atoms with Gasteiger partial charge in [-0.1, -0.05) is 12.1 Å². The fourth-order valence-electron chi connectivity index (χ4n) is 2.55. The molecule has 2 aromatic carbocycles. The molecule has 0 saturated carbocycles. The van der Waals surface area contributed by atoms with Crippen molar-refractivity contribution in [1.82, 2.24) is 4.98 Å². The van der Waals surface area contributed by atoms with Crippen molar-refractivity contribution in [3.8, 4) is 16.2 Å². The maximum atomic E-state index is 12.3. The molecule has 2 heterocycles. The molecule has 4 nitrogen and oxygen atoms in total. The third-order valence-corrected chi connectivity index (χ3v) is 4.93. The zero-order valence-electron chi connectivity index (χ0n) is 12.6. The van der Waals surface area contributed by atoms with Gasteiger partial charge in [-0.2, -0.15) is 0 Å². The van der Waals surface area contributed by atoms with Crippen LogP contribution in [0.3, 0.4) is 0 Å². The molecule has 0 aliphatic rings. The number of rotatable bonds is 3. The largest absolute Gasteiger partial charge is 0.508 e. The number of benzene rings is 2. The number of thiophene rings is 1. The summed E-state index contributed by atoms with van der Waals surface area (Å²) >= 11 is 1.45. The molecule has 0 bridgehead atoms. The van der Waals surface area contributed by atoms with Gasteiger partial charge in [0.2, 0.25) is 0 Å². The van der Waals surface area contributed by atoms with Gasteiger partial charge >= 0.3 is 0 Å². The van der Waals surface area contributed by atoms with E-state index in [1.165, 1.54) is 16.7 Å². The Morgan fingerprint density at radius 3 is 2.67 bits per heavy atom.